The lowest BCUT2D eigenvalue weighted by Crippen LogP contribution is -2.39. The van der Waals surface area contributed by atoms with Gasteiger partial charge in [0, 0.05) is 17.1 Å². The Hall–Kier alpha value is -4.50. The second-order valence-corrected chi connectivity index (χ2v) is 11.4. The molecular weight excluding hydrogens is 538 g/mol. The molecular formula is C32H31N3O5S. The van der Waals surface area contributed by atoms with Crippen molar-refractivity contribution in [2.75, 3.05) is 7.11 Å². The van der Waals surface area contributed by atoms with Crippen LogP contribution in [0.5, 0.6) is 0 Å². The van der Waals surface area contributed by atoms with Crippen molar-refractivity contribution in [2.24, 2.45) is 4.99 Å². The third-order valence-corrected chi connectivity index (χ3v) is 8.46. The van der Waals surface area contributed by atoms with Gasteiger partial charge in [0.2, 0.25) is 0 Å². The maximum atomic E-state index is 14.0. The summed E-state index contributed by atoms with van der Waals surface area (Å²) in [6, 6.07) is 16.0. The van der Waals surface area contributed by atoms with E-state index in [1.807, 2.05) is 54.8 Å². The smallest absolute Gasteiger partial charge is 0.338 e. The number of carboxylic acid groups (broad SMARTS) is 1. The Labute approximate surface area is 241 Å². The number of thiazole rings is 1. The molecule has 3 heterocycles. The van der Waals surface area contributed by atoms with Crippen molar-refractivity contribution in [3.63, 3.8) is 0 Å². The Morgan fingerprint density at radius 2 is 1.71 bits per heavy atom. The third-order valence-electron chi connectivity index (χ3n) is 7.48. The van der Waals surface area contributed by atoms with Crippen molar-refractivity contribution in [2.45, 2.75) is 46.6 Å². The summed E-state index contributed by atoms with van der Waals surface area (Å²) in [5, 5.41) is 9.24. The Kier molecular flexibility index (Phi) is 7.40. The molecule has 1 aliphatic heterocycles. The van der Waals surface area contributed by atoms with Crippen molar-refractivity contribution in [1.82, 2.24) is 9.13 Å². The average molecular weight is 570 g/mol. The number of benzene rings is 2. The van der Waals surface area contributed by atoms with Crippen LogP contribution in [0.3, 0.4) is 0 Å². The number of aryl methyl sites for hydroxylation is 1. The zero-order valence-electron chi connectivity index (χ0n) is 23.8. The van der Waals surface area contributed by atoms with Crippen molar-refractivity contribution in [3.05, 3.63) is 119 Å². The van der Waals surface area contributed by atoms with Gasteiger partial charge in [-0.2, -0.15) is 0 Å². The summed E-state index contributed by atoms with van der Waals surface area (Å²) in [6.45, 7) is 9.92. The van der Waals surface area contributed by atoms with Gasteiger partial charge in [0.15, 0.2) is 4.80 Å². The summed E-state index contributed by atoms with van der Waals surface area (Å²) in [7, 11) is 1.33. The van der Waals surface area contributed by atoms with Crippen LogP contribution in [0.25, 0.3) is 11.8 Å². The van der Waals surface area contributed by atoms with E-state index >= 15 is 0 Å². The molecule has 0 bridgehead atoms. The first-order chi connectivity index (χ1) is 19.5. The number of hydrogen-bond donors (Lipinski definition) is 1. The molecule has 4 aromatic rings. The maximum absolute atomic E-state index is 14.0. The number of hydrogen-bond acceptors (Lipinski definition) is 6. The summed E-state index contributed by atoms with van der Waals surface area (Å²) in [4.78, 5) is 43.3. The molecule has 0 radical (unpaired) electrons. The summed E-state index contributed by atoms with van der Waals surface area (Å²) in [5.41, 5.74) is 6.33. The maximum Gasteiger partial charge on any atom is 0.338 e. The lowest BCUT2D eigenvalue weighted by Gasteiger charge is -2.24. The second kappa shape index (κ2) is 10.8. The number of rotatable bonds is 6. The van der Waals surface area contributed by atoms with Crippen LogP contribution in [-0.2, 0) is 9.53 Å². The number of aromatic carboxylic acids is 1. The van der Waals surface area contributed by atoms with E-state index in [1.165, 1.54) is 18.4 Å². The fourth-order valence-corrected chi connectivity index (χ4v) is 6.33. The first kappa shape index (κ1) is 28.0. The minimum absolute atomic E-state index is 0.215. The summed E-state index contributed by atoms with van der Waals surface area (Å²) in [6.07, 6.45) is 1.85. The van der Waals surface area contributed by atoms with Gasteiger partial charge < -0.3 is 14.4 Å². The highest BCUT2D eigenvalue weighted by Crippen LogP contribution is 2.31. The molecule has 0 saturated carbocycles. The molecule has 2 aromatic carbocycles. The van der Waals surface area contributed by atoms with Crippen molar-refractivity contribution in [3.8, 4) is 5.69 Å². The molecule has 9 heteroatoms. The number of carbonyl (C=O) groups is 2. The molecule has 0 fully saturated rings. The molecule has 1 N–H and O–H groups in total. The first-order valence-corrected chi connectivity index (χ1v) is 14.1. The van der Waals surface area contributed by atoms with E-state index in [2.05, 4.69) is 18.8 Å². The van der Waals surface area contributed by atoms with Crippen LogP contribution in [0.1, 0.15) is 71.2 Å². The van der Waals surface area contributed by atoms with Gasteiger partial charge in [-0.05, 0) is 79.8 Å². The van der Waals surface area contributed by atoms with Crippen LogP contribution in [0.2, 0.25) is 0 Å². The molecule has 0 saturated heterocycles. The van der Waals surface area contributed by atoms with E-state index in [4.69, 9.17) is 4.74 Å². The summed E-state index contributed by atoms with van der Waals surface area (Å²) in [5.74, 6) is -1.15. The van der Waals surface area contributed by atoms with Crippen LogP contribution in [-0.4, -0.2) is 33.3 Å². The number of methoxy groups -OCH3 is 1. The number of esters is 1. The van der Waals surface area contributed by atoms with Gasteiger partial charge in [-0.25, -0.2) is 14.6 Å². The SMILES string of the molecule is COC(=O)C1=C(C)N=c2s/c(=C/c3cc(C)n(-c4ccc(C(=O)O)cc4)c3C)c(=O)n2C1c1ccc(C(C)C)cc1. The minimum Gasteiger partial charge on any atom is -0.478 e. The molecule has 5 rings (SSSR count). The normalized spacial score (nSPS) is 15.2. The van der Waals surface area contributed by atoms with Crippen molar-refractivity contribution < 1.29 is 19.4 Å². The van der Waals surface area contributed by atoms with E-state index < -0.39 is 18.0 Å². The van der Waals surface area contributed by atoms with E-state index in [0.29, 0.717) is 26.5 Å². The largest absolute Gasteiger partial charge is 0.478 e. The third kappa shape index (κ3) is 4.97. The number of allylic oxidation sites excluding steroid dienone is 1. The standard InChI is InChI=1S/C32H31N3O5S/c1-17(2)21-7-9-22(10-8-21)28-27(31(39)40-6)19(4)33-32-35(28)29(36)26(41-32)16-24-15-18(3)34(20(24)5)25-13-11-23(12-14-25)30(37)38/h7-17,28H,1-6H3,(H,37,38)/b26-16+. The minimum atomic E-state index is -0.978. The Morgan fingerprint density at radius 3 is 2.29 bits per heavy atom. The zero-order chi connectivity index (χ0) is 29.6. The van der Waals surface area contributed by atoms with Crippen molar-refractivity contribution >= 4 is 29.4 Å². The van der Waals surface area contributed by atoms with Crippen molar-refractivity contribution in [1.29, 1.82) is 0 Å². The van der Waals surface area contributed by atoms with Gasteiger partial charge in [-0.3, -0.25) is 9.36 Å². The number of fused-ring (bicyclic) bond motifs is 1. The zero-order valence-corrected chi connectivity index (χ0v) is 24.6. The molecule has 0 aliphatic carbocycles. The van der Waals surface area contributed by atoms with E-state index in [1.54, 1.807) is 35.8 Å². The van der Waals surface area contributed by atoms with Gasteiger partial charge in [0.1, 0.15) is 0 Å². The predicted octanol–water partition coefficient (Wildman–Crippen LogP) is 4.64. The number of ether oxygens (including phenoxy) is 1. The van der Waals surface area contributed by atoms with Crippen LogP contribution in [0.15, 0.2) is 75.7 Å². The van der Waals surface area contributed by atoms with Gasteiger partial charge in [-0.15, -0.1) is 0 Å². The first-order valence-electron chi connectivity index (χ1n) is 13.2. The lowest BCUT2D eigenvalue weighted by atomic mass is 9.93. The van der Waals surface area contributed by atoms with E-state index in [-0.39, 0.29) is 11.1 Å². The van der Waals surface area contributed by atoms with Crippen LogP contribution in [0.4, 0.5) is 0 Å². The monoisotopic (exact) mass is 569 g/mol. The summed E-state index contributed by atoms with van der Waals surface area (Å²) < 4.78 is 9.22. The van der Waals surface area contributed by atoms with E-state index in [9.17, 15) is 19.5 Å². The molecule has 41 heavy (non-hydrogen) atoms. The average Bonchev–Trinajstić information content (AvgIpc) is 3.41. The number of aromatic nitrogens is 2. The number of carbonyl (C=O) groups excluding carboxylic acids is 1. The molecule has 1 atom stereocenters. The van der Waals surface area contributed by atoms with Gasteiger partial charge in [0.25, 0.3) is 5.56 Å². The molecule has 0 amide bonds. The van der Waals surface area contributed by atoms with Gasteiger partial charge >= 0.3 is 11.9 Å². The molecule has 2 aromatic heterocycles. The quantitative estimate of drug-likeness (QED) is 0.341. The van der Waals surface area contributed by atoms with Gasteiger partial charge in [-0.1, -0.05) is 49.4 Å². The number of nitrogens with zero attached hydrogens (tertiary/aromatic N) is 3. The Balaban J connectivity index is 1.65. The van der Waals surface area contributed by atoms with Crippen LogP contribution < -0.4 is 14.9 Å². The predicted molar refractivity (Wildman–Crippen MR) is 159 cm³/mol. The fraction of sp³-hybridized carbons (Fsp3) is 0.250. The molecule has 1 unspecified atom stereocenters. The van der Waals surface area contributed by atoms with Crippen LogP contribution >= 0.6 is 11.3 Å². The lowest BCUT2D eigenvalue weighted by molar-refractivity contribution is -0.136. The Morgan fingerprint density at radius 1 is 1.05 bits per heavy atom. The molecule has 8 nitrogen and oxygen atoms in total. The molecule has 1 aliphatic rings. The highest BCUT2D eigenvalue weighted by molar-refractivity contribution is 7.07. The van der Waals surface area contributed by atoms with Gasteiger partial charge in [0.05, 0.1) is 34.5 Å². The fourth-order valence-electron chi connectivity index (χ4n) is 5.30. The molecule has 210 valence electrons. The second-order valence-electron chi connectivity index (χ2n) is 10.4. The highest BCUT2D eigenvalue weighted by atomic mass is 32.1. The summed E-state index contributed by atoms with van der Waals surface area (Å²) >= 11 is 1.28. The molecule has 0 spiro atoms. The Bertz CT molecular complexity index is 1890. The number of carboxylic acids is 1. The topological polar surface area (TPSA) is 103 Å². The van der Waals surface area contributed by atoms with E-state index in [0.717, 1.165) is 33.8 Å². The highest BCUT2D eigenvalue weighted by Gasteiger charge is 2.33. The van der Waals surface area contributed by atoms with Crippen LogP contribution in [0, 0.1) is 13.8 Å².